The van der Waals surface area contributed by atoms with E-state index in [1.165, 1.54) is 0 Å². The van der Waals surface area contributed by atoms with E-state index in [0.29, 0.717) is 30.6 Å². The third kappa shape index (κ3) is 8.37. The van der Waals surface area contributed by atoms with Crippen LogP contribution in [0.2, 0.25) is 0 Å². The number of fused-ring (bicyclic) bond motifs is 2. The number of aryl methyl sites for hydroxylation is 2. The summed E-state index contributed by atoms with van der Waals surface area (Å²) in [5.74, 6) is 2.07. The van der Waals surface area contributed by atoms with Gasteiger partial charge in [0.05, 0.1) is 45.0 Å². The minimum absolute atomic E-state index is 0.00442. The number of oxazole rings is 1. The van der Waals surface area contributed by atoms with E-state index in [1.54, 1.807) is 18.8 Å². The van der Waals surface area contributed by atoms with Gasteiger partial charge in [-0.3, -0.25) is 4.57 Å². The molecule has 4 atom stereocenters. The molecule has 2 amide bonds. The Balaban J connectivity index is 0.923. The first-order chi connectivity index (χ1) is 27.3. The van der Waals surface area contributed by atoms with Gasteiger partial charge in [-0.25, -0.2) is 9.59 Å². The quantitative estimate of drug-likeness (QED) is 0.0382. The van der Waals surface area contributed by atoms with Crippen LogP contribution in [-0.2, 0) is 21.1 Å². The highest BCUT2D eigenvalue weighted by Gasteiger charge is 2.57. The van der Waals surface area contributed by atoms with Crippen LogP contribution < -0.4 is 20.5 Å². The molecule has 12 heteroatoms. The summed E-state index contributed by atoms with van der Waals surface area (Å²) in [6.07, 6.45) is 5.75. The minimum atomic E-state index is -0.961. The molecule has 5 aromatic rings. The largest absolute Gasteiger partial charge is 0.497 e. The zero-order valence-electron chi connectivity index (χ0n) is 32.6. The van der Waals surface area contributed by atoms with Crippen molar-refractivity contribution < 1.29 is 27.7 Å². The number of nitrogens with one attached hydrogen (secondary N) is 1. The smallest absolute Gasteiger partial charge is 0.419 e. The van der Waals surface area contributed by atoms with Crippen molar-refractivity contribution in [2.75, 3.05) is 39.9 Å². The number of methoxy groups -OCH3 is 2. The van der Waals surface area contributed by atoms with Crippen molar-refractivity contribution >= 4 is 37.3 Å². The first-order valence-corrected chi connectivity index (χ1v) is 22.2. The van der Waals surface area contributed by atoms with E-state index in [2.05, 4.69) is 46.6 Å². The Morgan fingerprint density at radius 1 is 0.804 bits per heavy atom. The fourth-order valence-electron chi connectivity index (χ4n) is 8.19. The van der Waals surface area contributed by atoms with Crippen LogP contribution in [0.5, 0.6) is 11.5 Å². The summed E-state index contributed by atoms with van der Waals surface area (Å²) in [4.78, 5) is 28.8. The average Bonchev–Trinajstić information content (AvgIpc) is 3.87. The summed E-state index contributed by atoms with van der Waals surface area (Å²) >= 11 is 1.97. The van der Waals surface area contributed by atoms with Gasteiger partial charge in [0.25, 0.3) is 0 Å². The van der Waals surface area contributed by atoms with E-state index in [0.717, 1.165) is 83.5 Å². The van der Waals surface area contributed by atoms with Crippen molar-refractivity contribution in [1.82, 2.24) is 14.8 Å². The van der Waals surface area contributed by atoms with Crippen molar-refractivity contribution in [3.05, 3.63) is 130 Å². The number of hydrogen-bond donors (Lipinski definition) is 1. The van der Waals surface area contributed by atoms with Gasteiger partial charge in [-0.1, -0.05) is 73.5 Å². The van der Waals surface area contributed by atoms with Gasteiger partial charge in [-0.15, -0.1) is 0 Å². The van der Waals surface area contributed by atoms with Crippen molar-refractivity contribution in [2.45, 2.75) is 74.9 Å². The second kappa shape index (κ2) is 18.3. The molecule has 4 aromatic carbocycles. The SMILES string of the molecule is COc1ccc(C(c2ccccc2)(c2ccc(OC)cc2)N2C(=O)N[C@@H]3[C@H](CCCCCOP(C)OCCCCn4c(=O)oc5ccc(C)cc54)SC[C@@H]32)cc1. The van der Waals surface area contributed by atoms with Crippen LogP contribution >= 0.6 is 20.1 Å². The summed E-state index contributed by atoms with van der Waals surface area (Å²) in [6.45, 7) is 5.87. The van der Waals surface area contributed by atoms with Gasteiger partial charge in [-0.05, 0) is 91.3 Å². The van der Waals surface area contributed by atoms with E-state index in [1.807, 2.05) is 86.0 Å². The molecule has 1 unspecified atom stereocenters. The van der Waals surface area contributed by atoms with Crippen LogP contribution in [0.25, 0.3) is 11.1 Å². The lowest BCUT2D eigenvalue weighted by Crippen LogP contribution is -2.53. The number of ether oxygens (including phenoxy) is 2. The predicted molar refractivity (Wildman–Crippen MR) is 224 cm³/mol. The minimum Gasteiger partial charge on any atom is -0.497 e. The molecule has 0 aliphatic carbocycles. The number of rotatable bonds is 19. The van der Waals surface area contributed by atoms with E-state index >= 15 is 0 Å². The molecule has 2 aliphatic rings. The van der Waals surface area contributed by atoms with Crippen molar-refractivity contribution in [3.8, 4) is 11.5 Å². The summed E-state index contributed by atoms with van der Waals surface area (Å²) in [7, 11) is 2.38. The lowest BCUT2D eigenvalue weighted by molar-refractivity contribution is 0.156. The summed E-state index contributed by atoms with van der Waals surface area (Å²) in [5, 5.41) is 3.77. The number of thioether (sulfide) groups is 1. The van der Waals surface area contributed by atoms with Gasteiger partial charge < -0.3 is 33.2 Å². The van der Waals surface area contributed by atoms with Crippen LogP contribution in [-0.4, -0.2) is 72.7 Å². The molecule has 0 bridgehead atoms. The molecule has 0 radical (unpaired) electrons. The van der Waals surface area contributed by atoms with Gasteiger partial charge in [0.15, 0.2) is 14.0 Å². The Hall–Kier alpha value is -4.28. The van der Waals surface area contributed by atoms with Crippen molar-refractivity contribution in [3.63, 3.8) is 0 Å². The number of amides is 2. The Morgan fingerprint density at radius 2 is 1.43 bits per heavy atom. The fraction of sp³-hybridized carbons (Fsp3) is 0.409. The molecule has 0 saturated carbocycles. The molecule has 1 N–H and O–H groups in total. The second-order valence-electron chi connectivity index (χ2n) is 14.5. The predicted octanol–water partition coefficient (Wildman–Crippen LogP) is 9.11. The molecule has 296 valence electrons. The summed E-state index contributed by atoms with van der Waals surface area (Å²) in [5.41, 5.74) is 4.70. The Morgan fingerprint density at radius 3 is 2.07 bits per heavy atom. The topological polar surface area (TPSA) is 104 Å². The number of aromatic nitrogens is 1. The van der Waals surface area contributed by atoms with Crippen LogP contribution in [0, 0.1) is 6.92 Å². The number of carbonyl (C=O) groups is 1. The molecule has 2 saturated heterocycles. The molecule has 56 heavy (non-hydrogen) atoms. The maximum Gasteiger partial charge on any atom is 0.419 e. The number of carbonyl (C=O) groups excluding carboxylic acids is 1. The van der Waals surface area contributed by atoms with Crippen LogP contribution in [0.15, 0.2) is 106 Å². The van der Waals surface area contributed by atoms with E-state index < -0.39 is 13.9 Å². The van der Waals surface area contributed by atoms with Gasteiger partial charge >= 0.3 is 11.8 Å². The van der Waals surface area contributed by atoms with Crippen LogP contribution in [0.1, 0.15) is 60.8 Å². The molecule has 0 spiro atoms. The van der Waals surface area contributed by atoms with E-state index in [-0.39, 0.29) is 23.9 Å². The number of nitrogens with zero attached hydrogens (tertiary/aromatic N) is 2. The fourth-order valence-corrected chi connectivity index (χ4v) is 10.6. The Bertz CT molecular complexity index is 2060. The molecule has 2 fully saturated rings. The lowest BCUT2D eigenvalue weighted by atomic mass is 9.74. The van der Waals surface area contributed by atoms with Gasteiger partial charge in [0.1, 0.15) is 17.0 Å². The van der Waals surface area contributed by atoms with E-state index in [4.69, 9.17) is 22.9 Å². The molecule has 2 aliphatic heterocycles. The highest BCUT2D eigenvalue weighted by Crippen LogP contribution is 2.49. The first-order valence-electron chi connectivity index (χ1n) is 19.5. The number of unbranched alkanes of at least 4 members (excludes halogenated alkanes) is 3. The Kier molecular flexibility index (Phi) is 13.1. The Labute approximate surface area is 334 Å². The van der Waals surface area contributed by atoms with Gasteiger partial charge in [0, 0.05) is 24.2 Å². The van der Waals surface area contributed by atoms with Crippen LogP contribution in [0.3, 0.4) is 0 Å². The molecule has 7 rings (SSSR count). The standard InChI is InChI=1S/C44H52N3O7PS/c1-31-16-25-39-37(29-31)46(43(49)54-39)26-10-12-28-53-55(4)52-27-11-6-9-15-40-41-38(30-56-40)47(42(48)45-41)44(32-13-7-5-8-14-32,33-17-21-35(50-2)22-18-33)34-19-23-36(51-3)24-20-34/h5,7-8,13-14,16-25,29,38,40-41H,6,9-12,15,26-28,30H2,1-4H3,(H,45,48)/t38-,40-,41-,55?/m0/s1. The molecular weight excluding hydrogens is 746 g/mol. The monoisotopic (exact) mass is 797 g/mol. The van der Waals surface area contributed by atoms with E-state index in [9.17, 15) is 9.59 Å². The van der Waals surface area contributed by atoms with Gasteiger partial charge in [-0.2, -0.15) is 11.8 Å². The van der Waals surface area contributed by atoms with Crippen LogP contribution in [0.4, 0.5) is 4.79 Å². The second-order valence-corrected chi connectivity index (χ2v) is 17.1. The number of hydrogen-bond acceptors (Lipinski definition) is 8. The third-order valence-corrected chi connectivity index (χ3v) is 13.6. The molecular formula is C44H52N3O7PS. The van der Waals surface area contributed by atoms with Crippen molar-refractivity contribution in [2.24, 2.45) is 0 Å². The highest BCUT2D eigenvalue weighted by atomic mass is 32.2. The lowest BCUT2D eigenvalue weighted by Gasteiger charge is -2.45. The highest BCUT2D eigenvalue weighted by molar-refractivity contribution is 8.00. The maximum atomic E-state index is 14.4. The molecule has 1 aromatic heterocycles. The zero-order chi connectivity index (χ0) is 39.1. The van der Waals surface area contributed by atoms with Crippen molar-refractivity contribution in [1.29, 1.82) is 0 Å². The maximum absolute atomic E-state index is 14.4. The number of urea groups is 1. The van der Waals surface area contributed by atoms with Gasteiger partial charge in [0.2, 0.25) is 0 Å². The third-order valence-electron chi connectivity index (χ3n) is 11.0. The summed E-state index contributed by atoms with van der Waals surface area (Å²) in [6, 6.07) is 32.4. The zero-order valence-corrected chi connectivity index (χ0v) is 34.4. The normalized spacial score (nSPS) is 18.6. The average molecular weight is 798 g/mol. The number of benzene rings is 4. The molecule has 3 heterocycles. The summed E-state index contributed by atoms with van der Waals surface area (Å²) < 4.78 is 30.2. The molecule has 10 nitrogen and oxygen atoms in total. The first kappa shape index (κ1) is 39.9.